The highest BCUT2D eigenvalue weighted by Crippen LogP contribution is 2.28. The normalized spacial score (nSPS) is 19.8. The topological polar surface area (TPSA) is 12.0 Å². The molecule has 1 N–H and O–H groups in total. The molecule has 1 nitrogen and oxygen atoms in total. The molecule has 1 rings (SSSR count). The number of allylic oxidation sites excluding steroid dienone is 1. The SMILES string of the molecule is C=CCCCCCNC1(C)CCCC1. The van der Waals surface area contributed by atoms with Crippen LogP contribution in [-0.2, 0) is 0 Å². The summed E-state index contributed by atoms with van der Waals surface area (Å²) in [5.74, 6) is 0. The van der Waals surface area contributed by atoms with Crippen LogP contribution in [0.5, 0.6) is 0 Å². The smallest absolute Gasteiger partial charge is 0.0153 e. The lowest BCUT2D eigenvalue weighted by atomic mass is 10.0. The van der Waals surface area contributed by atoms with Gasteiger partial charge in [-0.25, -0.2) is 0 Å². The van der Waals surface area contributed by atoms with Crippen molar-refractivity contribution in [1.29, 1.82) is 0 Å². The van der Waals surface area contributed by atoms with Gasteiger partial charge in [-0.2, -0.15) is 0 Å². The van der Waals surface area contributed by atoms with Gasteiger partial charge in [0.15, 0.2) is 0 Å². The molecule has 82 valence electrons. The summed E-state index contributed by atoms with van der Waals surface area (Å²) in [6.45, 7) is 7.32. The lowest BCUT2D eigenvalue weighted by Gasteiger charge is -2.25. The number of unbranched alkanes of at least 4 members (excludes halogenated alkanes) is 3. The van der Waals surface area contributed by atoms with E-state index in [1.165, 1.54) is 57.9 Å². The molecule has 0 aromatic rings. The Morgan fingerprint density at radius 2 is 1.93 bits per heavy atom. The van der Waals surface area contributed by atoms with E-state index in [9.17, 15) is 0 Å². The van der Waals surface area contributed by atoms with Crippen LogP contribution in [0.1, 0.15) is 58.3 Å². The molecule has 0 aromatic heterocycles. The molecule has 0 saturated heterocycles. The zero-order valence-corrected chi connectivity index (χ0v) is 9.65. The van der Waals surface area contributed by atoms with Crippen LogP contribution in [0, 0.1) is 0 Å². The fourth-order valence-electron chi connectivity index (χ4n) is 2.31. The van der Waals surface area contributed by atoms with Crippen LogP contribution >= 0.6 is 0 Å². The van der Waals surface area contributed by atoms with Gasteiger partial charge in [-0.3, -0.25) is 0 Å². The van der Waals surface area contributed by atoms with Crippen molar-refractivity contribution in [2.24, 2.45) is 0 Å². The van der Waals surface area contributed by atoms with Crippen molar-refractivity contribution in [3.8, 4) is 0 Å². The zero-order chi connectivity index (χ0) is 10.3. The predicted molar refractivity (Wildman–Crippen MR) is 63.5 cm³/mol. The molecule has 0 atom stereocenters. The average molecular weight is 195 g/mol. The molecule has 0 aliphatic heterocycles. The summed E-state index contributed by atoms with van der Waals surface area (Å²) in [5.41, 5.74) is 0.471. The van der Waals surface area contributed by atoms with Crippen LogP contribution in [0.25, 0.3) is 0 Å². The minimum absolute atomic E-state index is 0.471. The molecule has 1 aliphatic carbocycles. The molecule has 1 fully saturated rings. The molecule has 0 unspecified atom stereocenters. The van der Waals surface area contributed by atoms with Gasteiger partial charge in [0, 0.05) is 5.54 Å². The molecule has 1 aliphatic rings. The van der Waals surface area contributed by atoms with Crippen molar-refractivity contribution in [3.05, 3.63) is 12.7 Å². The summed E-state index contributed by atoms with van der Waals surface area (Å²) >= 11 is 0. The van der Waals surface area contributed by atoms with Gasteiger partial charge in [0.2, 0.25) is 0 Å². The van der Waals surface area contributed by atoms with Gasteiger partial charge in [-0.15, -0.1) is 6.58 Å². The lowest BCUT2D eigenvalue weighted by molar-refractivity contribution is 0.360. The van der Waals surface area contributed by atoms with Gasteiger partial charge in [-0.1, -0.05) is 25.3 Å². The Bertz CT molecular complexity index is 157. The zero-order valence-electron chi connectivity index (χ0n) is 9.65. The van der Waals surface area contributed by atoms with E-state index in [-0.39, 0.29) is 0 Å². The van der Waals surface area contributed by atoms with E-state index in [1.807, 2.05) is 6.08 Å². The maximum atomic E-state index is 3.74. The number of nitrogens with one attached hydrogen (secondary N) is 1. The van der Waals surface area contributed by atoms with E-state index in [2.05, 4.69) is 18.8 Å². The van der Waals surface area contributed by atoms with Crippen LogP contribution < -0.4 is 5.32 Å². The Morgan fingerprint density at radius 1 is 1.21 bits per heavy atom. The first kappa shape index (κ1) is 11.8. The molecule has 0 heterocycles. The Morgan fingerprint density at radius 3 is 2.57 bits per heavy atom. The van der Waals surface area contributed by atoms with Crippen molar-refractivity contribution < 1.29 is 0 Å². The summed E-state index contributed by atoms with van der Waals surface area (Å²) in [6.07, 6.45) is 12.8. The van der Waals surface area contributed by atoms with Crippen molar-refractivity contribution in [3.63, 3.8) is 0 Å². The summed E-state index contributed by atoms with van der Waals surface area (Å²) in [6, 6.07) is 0. The van der Waals surface area contributed by atoms with Gasteiger partial charge in [-0.05, 0) is 45.6 Å². The summed E-state index contributed by atoms with van der Waals surface area (Å²) in [5, 5.41) is 3.71. The van der Waals surface area contributed by atoms with Crippen LogP contribution in [-0.4, -0.2) is 12.1 Å². The second kappa shape index (κ2) is 6.23. The minimum Gasteiger partial charge on any atom is -0.312 e. The highest BCUT2D eigenvalue weighted by molar-refractivity contribution is 4.87. The van der Waals surface area contributed by atoms with E-state index in [0.717, 1.165) is 0 Å². The largest absolute Gasteiger partial charge is 0.312 e. The fraction of sp³-hybridized carbons (Fsp3) is 0.846. The molecule has 0 spiro atoms. The van der Waals surface area contributed by atoms with Gasteiger partial charge < -0.3 is 5.32 Å². The fourth-order valence-corrected chi connectivity index (χ4v) is 2.31. The summed E-state index contributed by atoms with van der Waals surface area (Å²) in [7, 11) is 0. The Kier molecular flexibility index (Phi) is 5.24. The quantitative estimate of drug-likeness (QED) is 0.483. The van der Waals surface area contributed by atoms with E-state index >= 15 is 0 Å². The van der Waals surface area contributed by atoms with E-state index in [0.29, 0.717) is 5.54 Å². The Balaban J connectivity index is 1.95. The molecule has 0 bridgehead atoms. The van der Waals surface area contributed by atoms with E-state index < -0.39 is 0 Å². The highest BCUT2D eigenvalue weighted by atomic mass is 15.0. The van der Waals surface area contributed by atoms with Crippen LogP contribution in [0.15, 0.2) is 12.7 Å². The van der Waals surface area contributed by atoms with Gasteiger partial charge in [0.25, 0.3) is 0 Å². The summed E-state index contributed by atoms with van der Waals surface area (Å²) in [4.78, 5) is 0. The van der Waals surface area contributed by atoms with E-state index in [4.69, 9.17) is 0 Å². The molecule has 1 saturated carbocycles. The Hall–Kier alpha value is -0.300. The molecule has 14 heavy (non-hydrogen) atoms. The average Bonchev–Trinajstić information content (AvgIpc) is 2.59. The molecular formula is C13H25N. The van der Waals surface area contributed by atoms with Crippen molar-refractivity contribution in [1.82, 2.24) is 5.32 Å². The highest BCUT2D eigenvalue weighted by Gasteiger charge is 2.26. The van der Waals surface area contributed by atoms with Gasteiger partial charge in [0.05, 0.1) is 0 Å². The van der Waals surface area contributed by atoms with Crippen LogP contribution in [0.2, 0.25) is 0 Å². The van der Waals surface area contributed by atoms with Gasteiger partial charge >= 0.3 is 0 Å². The maximum Gasteiger partial charge on any atom is 0.0153 e. The molecule has 0 radical (unpaired) electrons. The lowest BCUT2D eigenvalue weighted by Crippen LogP contribution is -2.39. The van der Waals surface area contributed by atoms with E-state index in [1.54, 1.807) is 0 Å². The Labute approximate surface area is 89.0 Å². The maximum absolute atomic E-state index is 3.74. The first-order valence-corrected chi connectivity index (χ1v) is 6.13. The standard InChI is InChI=1S/C13H25N/c1-3-4-5-6-9-12-14-13(2)10-7-8-11-13/h3,14H,1,4-12H2,2H3. The van der Waals surface area contributed by atoms with Crippen LogP contribution in [0.4, 0.5) is 0 Å². The third-order valence-corrected chi connectivity index (χ3v) is 3.34. The second-order valence-electron chi connectivity index (χ2n) is 4.83. The minimum atomic E-state index is 0.471. The van der Waals surface area contributed by atoms with Gasteiger partial charge in [0.1, 0.15) is 0 Å². The first-order chi connectivity index (χ1) is 6.77. The van der Waals surface area contributed by atoms with Crippen molar-refractivity contribution >= 4 is 0 Å². The molecule has 1 heteroatoms. The molecular weight excluding hydrogens is 170 g/mol. The summed E-state index contributed by atoms with van der Waals surface area (Å²) < 4.78 is 0. The number of hydrogen-bond acceptors (Lipinski definition) is 1. The third kappa shape index (κ3) is 4.28. The first-order valence-electron chi connectivity index (χ1n) is 6.13. The van der Waals surface area contributed by atoms with Crippen molar-refractivity contribution in [2.45, 2.75) is 63.8 Å². The number of hydrogen-bond donors (Lipinski definition) is 1. The van der Waals surface area contributed by atoms with Crippen LogP contribution in [0.3, 0.4) is 0 Å². The molecule has 0 aromatic carbocycles. The monoisotopic (exact) mass is 195 g/mol. The second-order valence-corrected chi connectivity index (χ2v) is 4.83. The van der Waals surface area contributed by atoms with Crippen molar-refractivity contribution in [2.75, 3.05) is 6.54 Å². The third-order valence-electron chi connectivity index (χ3n) is 3.34. The number of rotatable bonds is 7. The predicted octanol–water partition coefficient (Wildman–Crippen LogP) is 3.66. The molecule has 0 amide bonds.